The fourth-order valence-corrected chi connectivity index (χ4v) is 3.56. The Morgan fingerprint density at radius 2 is 2.04 bits per heavy atom. The molecule has 0 spiro atoms. The van der Waals surface area contributed by atoms with Crippen molar-refractivity contribution in [2.45, 2.75) is 38.7 Å². The first kappa shape index (κ1) is 19.6. The molecule has 0 saturated heterocycles. The van der Waals surface area contributed by atoms with Crippen molar-refractivity contribution >= 4 is 40.7 Å². The maximum absolute atomic E-state index is 11.0. The van der Waals surface area contributed by atoms with Crippen molar-refractivity contribution in [3.8, 4) is 0 Å². The monoisotopic (exact) mass is 378 g/mol. The number of aryl methyl sites for hydroxylation is 2. The number of ether oxygens (including phenoxy) is 1. The third kappa shape index (κ3) is 7.38. The summed E-state index contributed by atoms with van der Waals surface area (Å²) >= 11 is 7.51. The highest BCUT2D eigenvalue weighted by atomic mass is 35.5. The van der Waals surface area contributed by atoms with Gasteiger partial charge in [0.15, 0.2) is 0 Å². The van der Waals surface area contributed by atoms with Crippen LogP contribution in [0.2, 0.25) is 4.34 Å². The Labute approximate surface area is 157 Å². The summed E-state index contributed by atoms with van der Waals surface area (Å²) in [5.74, 6) is -0.0661. The normalized spacial score (nSPS) is 11.9. The van der Waals surface area contributed by atoms with Gasteiger partial charge in [0.25, 0.3) is 0 Å². The lowest BCUT2D eigenvalue weighted by Crippen LogP contribution is -2.16. The van der Waals surface area contributed by atoms with Crippen LogP contribution in [0.4, 0.5) is 5.69 Å². The van der Waals surface area contributed by atoms with Crippen molar-refractivity contribution in [3.63, 3.8) is 0 Å². The Bertz CT molecular complexity index is 685. The summed E-state index contributed by atoms with van der Waals surface area (Å²) in [7, 11) is 0. The number of anilines is 1. The summed E-state index contributed by atoms with van der Waals surface area (Å²) in [6.45, 7) is 2.12. The van der Waals surface area contributed by atoms with Gasteiger partial charge in [0.05, 0.1) is 10.4 Å². The van der Waals surface area contributed by atoms with E-state index < -0.39 is 0 Å². The molecule has 0 aliphatic heterocycles. The zero-order chi connectivity index (χ0) is 18.1. The number of hydrogen-bond acceptors (Lipinski definition) is 4. The number of carbonyl (C=O) groups excluding carboxylic acids is 1. The molecule has 0 fully saturated rings. The topological polar surface area (TPSA) is 62.2 Å². The van der Waals surface area contributed by atoms with E-state index in [1.54, 1.807) is 11.3 Å². The van der Waals surface area contributed by atoms with Crippen LogP contribution in [-0.2, 0) is 22.4 Å². The van der Waals surface area contributed by atoms with Gasteiger partial charge in [0.1, 0.15) is 0 Å². The molecular formula is C19H23ClN2O2S. The van der Waals surface area contributed by atoms with E-state index in [4.69, 9.17) is 21.7 Å². The Hall–Kier alpha value is -1.69. The Balaban J connectivity index is 1.66. The van der Waals surface area contributed by atoms with Gasteiger partial charge < -0.3 is 15.5 Å². The third-order valence-electron chi connectivity index (χ3n) is 3.71. The van der Waals surface area contributed by atoms with E-state index in [0.717, 1.165) is 35.7 Å². The Morgan fingerprint density at radius 1 is 1.28 bits per heavy atom. The van der Waals surface area contributed by atoms with Crippen LogP contribution in [0.1, 0.15) is 30.2 Å². The molecular weight excluding hydrogens is 356 g/mol. The number of benzene rings is 1. The average molecular weight is 379 g/mol. The van der Waals surface area contributed by atoms with Gasteiger partial charge in [0, 0.05) is 30.3 Å². The van der Waals surface area contributed by atoms with Crippen molar-refractivity contribution in [2.24, 2.45) is 0 Å². The van der Waals surface area contributed by atoms with Gasteiger partial charge >= 0.3 is 0 Å². The molecule has 1 atom stereocenters. The first-order valence-electron chi connectivity index (χ1n) is 8.30. The molecule has 6 heteroatoms. The SMILES string of the molecule is CC(=O)Nc1ccc(CCCOC(C=N)CCc2ccc(Cl)s2)cc1. The van der Waals surface area contributed by atoms with Gasteiger partial charge in [-0.15, -0.1) is 11.3 Å². The quantitative estimate of drug-likeness (QED) is 0.453. The molecule has 4 nitrogen and oxygen atoms in total. The van der Waals surface area contributed by atoms with Gasteiger partial charge in [-0.3, -0.25) is 4.79 Å². The predicted octanol–water partition coefficient (Wildman–Crippen LogP) is 4.96. The fourth-order valence-electron chi connectivity index (χ4n) is 2.45. The van der Waals surface area contributed by atoms with Crippen LogP contribution in [0.5, 0.6) is 0 Å². The Kier molecular flexibility index (Phi) is 8.12. The smallest absolute Gasteiger partial charge is 0.221 e. The van der Waals surface area contributed by atoms with Crippen molar-refractivity contribution in [1.82, 2.24) is 0 Å². The molecule has 25 heavy (non-hydrogen) atoms. The van der Waals surface area contributed by atoms with E-state index >= 15 is 0 Å². The minimum Gasteiger partial charge on any atom is -0.373 e. The minimum atomic E-state index is -0.150. The van der Waals surface area contributed by atoms with Gasteiger partial charge in [-0.25, -0.2) is 0 Å². The molecule has 2 rings (SSSR count). The fraction of sp³-hybridized carbons (Fsp3) is 0.368. The average Bonchev–Trinajstić information content (AvgIpc) is 3.00. The van der Waals surface area contributed by atoms with E-state index in [1.165, 1.54) is 23.6 Å². The maximum atomic E-state index is 11.0. The van der Waals surface area contributed by atoms with Crippen LogP contribution in [0, 0.1) is 5.41 Å². The van der Waals surface area contributed by atoms with E-state index in [9.17, 15) is 4.79 Å². The number of halogens is 1. The summed E-state index contributed by atoms with van der Waals surface area (Å²) in [6, 6.07) is 11.8. The molecule has 0 aliphatic rings. The second kappa shape index (κ2) is 10.3. The second-order valence-electron chi connectivity index (χ2n) is 5.80. The zero-order valence-electron chi connectivity index (χ0n) is 14.3. The standard InChI is InChI=1S/C19H23ClN2O2S/c1-14(23)22-16-6-4-15(5-7-16)3-2-12-24-17(13-21)8-9-18-10-11-19(20)25-18/h4-7,10-11,13,17,21H,2-3,8-9,12H2,1H3,(H,22,23). The number of hydrogen-bond donors (Lipinski definition) is 2. The number of rotatable bonds is 10. The third-order valence-corrected chi connectivity index (χ3v) is 5.00. The van der Waals surface area contributed by atoms with E-state index in [0.29, 0.717) is 6.61 Å². The first-order valence-corrected chi connectivity index (χ1v) is 9.49. The first-order chi connectivity index (χ1) is 12.1. The van der Waals surface area contributed by atoms with E-state index in [2.05, 4.69) is 5.32 Å². The minimum absolute atomic E-state index is 0.0661. The molecule has 2 N–H and O–H groups in total. The van der Waals surface area contributed by atoms with Gasteiger partial charge in [-0.05, 0) is 55.5 Å². The molecule has 134 valence electrons. The predicted molar refractivity (Wildman–Crippen MR) is 105 cm³/mol. The van der Waals surface area contributed by atoms with E-state index in [1.807, 2.05) is 36.4 Å². The molecule has 1 aromatic heterocycles. The van der Waals surface area contributed by atoms with Gasteiger partial charge in [0.2, 0.25) is 5.91 Å². The highest BCUT2D eigenvalue weighted by Crippen LogP contribution is 2.23. The van der Waals surface area contributed by atoms with Crippen molar-refractivity contribution in [1.29, 1.82) is 5.41 Å². The van der Waals surface area contributed by atoms with Gasteiger partial charge in [-0.1, -0.05) is 23.7 Å². The molecule has 1 amide bonds. The van der Waals surface area contributed by atoms with Crippen LogP contribution in [-0.4, -0.2) is 24.8 Å². The van der Waals surface area contributed by atoms with Crippen molar-refractivity contribution in [2.75, 3.05) is 11.9 Å². The summed E-state index contributed by atoms with van der Waals surface area (Å²) in [4.78, 5) is 12.2. The van der Waals surface area contributed by atoms with Crippen LogP contribution in [0.25, 0.3) is 0 Å². The molecule has 0 aliphatic carbocycles. The lowest BCUT2D eigenvalue weighted by Gasteiger charge is -2.12. The summed E-state index contributed by atoms with van der Waals surface area (Å²) in [6.07, 6.45) is 4.70. The van der Waals surface area contributed by atoms with Crippen LogP contribution < -0.4 is 5.32 Å². The van der Waals surface area contributed by atoms with Crippen LogP contribution >= 0.6 is 22.9 Å². The number of nitrogens with one attached hydrogen (secondary N) is 2. The summed E-state index contributed by atoms with van der Waals surface area (Å²) in [5, 5.41) is 10.3. The summed E-state index contributed by atoms with van der Waals surface area (Å²) in [5.41, 5.74) is 2.02. The molecule has 1 unspecified atom stereocenters. The van der Waals surface area contributed by atoms with E-state index in [-0.39, 0.29) is 12.0 Å². The lowest BCUT2D eigenvalue weighted by molar-refractivity contribution is -0.114. The number of thiophene rings is 1. The Morgan fingerprint density at radius 3 is 2.64 bits per heavy atom. The molecule has 2 aromatic rings. The van der Waals surface area contributed by atoms with Crippen LogP contribution in [0.15, 0.2) is 36.4 Å². The second-order valence-corrected chi connectivity index (χ2v) is 7.60. The molecule has 0 radical (unpaired) electrons. The maximum Gasteiger partial charge on any atom is 0.221 e. The summed E-state index contributed by atoms with van der Waals surface area (Å²) < 4.78 is 6.59. The molecule has 0 saturated carbocycles. The highest BCUT2D eigenvalue weighted by molar-refractivity contribution is 7.16. The molecule has 1 heterocycles. The molecule has 1 aromatic carbocycles. The van der Waals surface area contributed by atoms with Crippen molar-refractivity contribution in [3.05, 3.63) is 51.2 Å². The zero-order valence-corrected chi connectivity index (χ0v) is 15.8. The van der Waals surface area contributed by atoms with Gasteiger partial charge in [-0.2, -0.15) is 0 Å². The highest BCUT2D eigenvalue weighted by Gasteiger charge is 2.07. The number of amides is 1. The van der Waals surface area contributed by atoms with Crippen LogP contribution in [0.3, 0.4) is 0 Å². The molecule has 0 bridgehead atoms. The lowest BCUT2D eigenvalue weighted by atomic mass is 10.1. The largest absolute Gasteiger partial charge is 0.373 e. The number of carbonyl (C=O) groups is 1. The van der Waals surface area contributed by atoms with Crippen molar-refractivity contribution < 1.29 is 9.53 Å².